The van der Waals surface area contributed by atoms with Crippen LogP contribution in [-0.2, 0) is 11.4 Å². The van der Waals surface area contributed by atoms with Gasteiger partial charge in [0, 0.05) is 26.5 Å². The average molecular weight is 657 g/mol. The fourth-order valence-electron chi connectivity index (χ4n) is 7.49. The third-order valence-corrected chi connectivity index (χ3v) is 10.5. The van der Waals surface area contributed by atoms with Gasteiger partial charge >= 0.3 is 11.5 Å². The lowest BCUT2D eigenvalue weighted by molar-refractivity contribution is -0.148. The lowest BCUT2D eigenvalue weighted by Crippen LogP contribution is -2.61. The van der Waals surface area contributed by atoms with E-state index in [1.807, 2.05) is 0 Å². The number of benzene rings is 3. The van der Waals surface area contributed by atoms with Crippen LogP contribution in [0, 0.1) is 17.7 Å². The molecule has 12 heteroatoms. The number of alkyl halides is 5. The molecule has 4 aliphatic rings. The quantitative estimate of drug-likeness (QED) is 0.152. The molecule has 2 N–H and O–H groups in total. The third-order valence-electron chi connectivity index (χ3n) is 8.90. The molecule has 0 saturated heterocycles. The summed E-state index contributed by atoms with van der Waals surface area (Å²) >= 11 is 13.8. The Bertz CT molecular complexity index is 1610. The van der Waals surface area contributed by atoms with Gasteiger partial charge in [0.15, 0.2) is 0 Å². The van der Waals surface area contributed by atoms with Gasteiger partial charge in [0.1, 0.15) is 23.7 Å². The summed E-state index contributed by atoms with van der Waals surface area (Å²) in [6, 6.07) is 12.6. The van der Waals surface area contributed by atoms with Gasteiger partial charge in [0.05, 0.1) is 5.56 Å². The molecule has 1 amide bonds. The highest BCUT2D eigenvalue weighted by Crippen LogP contribution is 2.62. The molecule has 5 nitrogen and oxygen atoms in total. The fraction of sp³-hybridized carbons (Fsp3) is 0.419. The summed E-state index contributed by atoms with van der Waals surface area (Å²) in [5.74, 6) is -2.54. The molecule has 3 aromatic carbocycles. The summed E-state index contributed by atoms with van der Waals surface area (Å²) < 4.78 is 58.3. The number of carboxylic acid groups (broad SMARTS) is 1. The van der Waals surface area contributed by atoms with E-state index in [-0.39, 0.29) is 46.9 Å². The number of carbonyl (C=O) groups excluding carboxylic acids is 1. The van der Waals surface area contributed by atoms with Crippen molar-refractivity contribution in [3.8, 4) is 5.75 Å². The van der Waals surface area contributed by atoms with E-state index in [0.29, 0.717) is 42.0 Å². The van der Waals surface area contributed by atoms with Crippen molar-refractivity contribution in [2.75, 3.05) is 0 Å². The maximum absolute atomic E-state index is 14.1. The van der Waals surface area contributed by atoms with Crippen molar-refractivity contribution in [3.63, 3.8) is 0 Å². The Hall–Kier alpha value is -2.69. The van der Waals surface area contributed by atoms with Gasteiger partial charge in [-0.2, -0.15) is 13.2 Å². The zero-order chi connectivity index (χ0) is 30.8. The predicted molar refractivity (Wildman–Crippen MR) is 156 cm³/mol. The molecule has 4 saturated carbocycles. The monoisotopic (exact) mass is 655 g/mol. The smallest absolute Gasteiger partial charge is 0.446 e. The summed E-state index contributed by atoms with van der Waals surface area (Å²) in [7, 11) is 0. The second-order valence-corrected chi connectivity index (χ2v) is 14.8. The van der Waals surface area contributed by atoms with Gasteiger partial charge in [-0.25, -0.2) is 9.18 Å². The molecule has 228 valence electrons. The standard InChI is InChI=1S/C31H27Cl2F4NO4S/c32-28-11-18-9-20(13-28)30(27(40)41,16-29(33,12-18)15-28)38-26(39)24-7-3-19-10-21(34)4-8-23(19)25(24)42-14-17-1-5-22(6-2-17)43-31(35,36)37/h1-8,10,18,20H,9,11-16H2,(H,38,39)(H,40,41)/t18-,20-,28+,29?,30+/m1/s1. The first kappa shape index (κ1) is 30.3. The number of carbonyl (C=O) groups is 2. The second-order valence-electron chi connectivity index (χ2n) is 12.1. The molecular formula is C31H27Cl2F4NO4S. The van der Waals surface area contributed by atoms with Crippen LogP contribution in [0.1, 0.15) is 54.4 Å². The topological polar surface area (TPSA) is 75.6 Å². The molecule has 4 fully saturated rings. The molecule has 0 radical (unpaired) electrons. The highest BCUT2D eigenvalue weighted by Gasteiger charge is 2.64. The summed E-state index contributed by atoms with van der Waals surface area (Å²) in [5.41, 5.74) is -5.51. The lowest BCUT2D eigenvalue weighted by atomic mass is 9.65. The maximum atomic E-state index is 14.1. The van der Waals surface area contributed by atoms with Crippen molar-refractivity contribution in [3.05, 3.63) is 71.5 Å². The first-order valence-electron chi connectivity index (χ1n) is 13.8. The number of carboxylic acids is 1. The molecule has 0 heterocycles. The fourth-order valence-corrected chi connectivity index (χ4v) is 9.44. The Kier molecular flexibility index (Phi) is 7.57. The van der Waals surface area contributed by atoms with Crippen molar-refractivity contribution in [2.24, 2.45) is 11.8 Å². The van der Waals surface area contributed by atoms with Crippen LogP contribution in [0.4, 0.5) is 17.6 Å². The van der Waals surface area contributed by atoms with Crippen molar-refractivity contribution in [1.82, 2.24) is 5.32 Å². The van der Waals surface area contributed by atoms with Crippen LogP contribution in [0.2, 0.25) is 0 Å². The van der Waals surface area contributed by atoms with Crippen molar-refractivity contribution in [1.29, 1.82) is 0 Å². The molecular weight excluding hydrogens is 629 g/mol. The molecule has 7 rings (SSSR count). The Labute approximate surface area is 259 Å². The van der Waals surface area contributed by atoms with Gasteiger partial charge in [-0.15, -0.1) is 23.2 Å². The number of hydrogen-bond acceptors (Lipinski definition) is 4. The maximum Gasteiger partial charge on any atom is 0.446 e. The van der Waals surface area contributed by atoms with E-state index in [9.17, 15) is 32.3 Å². The second kappa shape index (κ2) is 10.7. The average Bonchev–Trinajstić information content (AvgIpc) is 3.02. The van der Waals surface area contributed by atoms with Crippen LogP contribution < -0.4 is 10.1 Å². The molecule has 0 aliphatic heterocycles. The van der Waals surface area contributed by atoms with E-state index in [1.165, 1.54) is 48.5 Å². The van der Waals surface area contributed by atoms with Crippen molar-refractivity contribution >= 4 is 57.6 Å². The normalized spacial score (nSPS) is 29.8. The van der Waals surface area contributed by atoms with Crippen LogP contribution in [0.15, 0.2) is 59.5 Å². The Morgan fingerprint density at radius 2 is 1.72 bits per heavy atom. The third kappa shape index (κ3) is 6.02. The van der Waals surface area contributed by atoms with Gasteiger partial charge in [-0.3, -0.25) is 4.79 Å². The number of fused-ring (bicyclic) bond motifs is 2. The van der Waals surface area contributed by atoms with Crippen LogP contribution in [-0.4, -0.2) is 37.8 Å². The van der Waals surface area contributed by atoms with Crippen LogP contribution in [0.5, 0.6) is 5.75 Å². The molecule has 3 aromatic rings. The molecule has 0 aromatic heterocycles. The number of rotatable bonds is 7. The minimum absolute atomic E-state index is 0.0120. The van der Waals surface area contributed by atoms with Gasteiger partial charge < -0.3 is 15.2 Å². The Morgan fingerprint density at radius 1 is 1.00 bits per heavy atom. The summed E-state index contributed by atoms with van der Waals surface area (Å²) in [5, 5.41) is 14.3. The number of halogens is 6. The number of amides is 1. The molecule has 0 spiro atoms. The van der Waals surface area contributed by atoms with Gasteiger partial charge in [0.2, 0.25) is 0 Å². The molecule has 5 atom stereocenters. The number of hydrogen-bond donors (Lipinski definition) is 2. The van der Waals surface area contributed by atoms with Crippen LogP contribution in [0.25, 0.3) is 10.8 Å². The number of aliphatic carboxylic acids is 1. The van der Waals surface area contributed by atoms with E-state index in [4.69, 9.17) is 27.9 Å². The summed E-state index contributed by atoms with van der Waals surface area (Å²) in [6.07, 6.45) is 2.86. The lowest BCUT2D eigenvalue weighted by Gasteiger charge is -2.47. The molecule has 43 heavy (non-hydrogen) atoms. The highest BCUT2D eigenvalue weighted by molar-refractivity contribution is 8.00. The Morgan fingerprint density at radius 3 is 2.40 bits per heavy atom. The van der Waals surface area contributed by atoms with E-state index in [1.54, 1.807) is 6.07 Å². The van der Waals surface area contributed by atoms with E-state index in [2.05, 4.69) is 5.32 Å². The van der Waals surface area contributed by atoms with Crippen molar-refractivity contribution < 1.29 is 37.0 Å². The zero-order valence-electron chi connectivity index (χ0n) is 22.6. The van der Waals surface area contributed by atoms with Gasteiger partial charge in [0.25, 0.3) is 5.91 Å². The molecule has 4 bridgehead atoms. The Balaban J connectivity index is 1.33. The van der Waals surface area contributed by atoms with Crippen molar-refractivity contribution in [2.45, 2.75) is 70.8 Å². The number of nitrogens with one attached hydrogen (secondary N) is 1. The van der Waals surface area contributed by atoms with E-state index >= 15 is 0 Å². The predicted octanol–water partition coefficient (Wildman–Crippen LogP) is 8.29. The zero-order valence-corrected chi connectivity index (χ0v) is 25.0. The van der Waals surface area contributed by atoms with Gasteiger partial charge in [-0.05, 0) is 103 Å². The first-order chi connectivity index (χ1) is 20.2. The van der Waals surface area contributed by atoms with Crippen LogP contribution >= 0.6 is 35.0 Å². The minimum atomic E-state index is -4.42. The van der Waals surface area contributed by atoms with Gasteiger partial charge in [-0.1, -0.05) is 18.2 Å². The minimum Gasteiger partial charge on any atom is -0.487 e. The summed E-state index contributed by atoms with van der Waals surface area (Å²) in [4.78, 5) is 25.5. The first-order valence-corrected chi connectivity index (χ1v) is 15.4. The highest BCUT2D eigenvalue weighted by atomic mass is 35.5. The molecule has 1 unspecified atom stereocenters. The van der Waals surface area contributed by atoms with E-state index in [0.717, 1.165) is 6.42 Å². The largest absolute Gasteiger partial charge is 0.487 e. The van der Waals surface area contributed by atoms with E-state index < -0.39 is 44.4 Å². The number of ether oxygens (including phenoxy) is 1. The number of thioether (sulfide) groups is 1. The molecule has 4 aliphatic carbocycles. The van der Waals surface area contributed by atoms with Crippen LogP contribution in [0.3, 0.4) is 0 Å². The SMILES string of the molecule is O=C(N[C@@]1(C(=O)O)CC2(Cl)C[C@@H]3C[C@@H]1C[C@@](Cl)(C3)C2)c1ccc2cc(F)ccc2c1OCc1ccc(SC(F)(F)F)cc1. The summed E-state index contributed by atoms with van der Waals surface area (Å²) in [6.45, 7) is -0.109.